The molecular formula is C13H22N4O. The van der Waals surface area contributed by atoms with Gasteiger partial charge < -0.3 is 15.4 Å². The molecule has 0 bridgehead atoms. The van der Waals surface area contributed by atoms with Crippen molar-refractivity contribution in [1.82, 2.24) is 9.97 Å². The third kappa shape index (κ3) is 2.41. The molecule has 0 amide bonds. The van der Waals surface area contributed by atoms with Crippen LogP contribution in [0.25, 0.3) is 0 Å². The quantitative estimate of drug-likeness (QED) is 0.867. The van der Waals surface area contributed by atoms with Crippen LogP contribution in [0.3, 0.4) is 0 Å². The van der Waals surface area contributed by atoms with E-state index >= 15 is 0 Å². The summed E-state index contributed by atoms with van der Waals surface area (Å²) in [5, 5.41) is 0. The minimum absolute atomic E-state index is 0.220. The average molecular weight is 250 g/mol. The van der Waals surface area contributed by atoms with E-state index in [9.17, 15) is 0 Å². The average Bonchev–Trinajstić information content (AvgIpc) is 2.31. The summed E-state index contributed by atoms with van der Waals surface area (Å²) in [5.41, 5.74) is 7.04. The number of aromatic nitrogens is 2. The first-order valence-corrected chi connectivity index (χ1v) is 6.49. The second kappa shape index (κ2) is 5.10. The van der Waals surface area contributed by atoms with E-state index in [1.807, 2.05) is 0 Å². The summed E-state index contributed by atoms with van der Waals surface area (Å²) in [6.07, 6.45) is 1.76. The summed E-state index contributed by atoms with van der Waals surface area (Å²) in [7, 11) is 0. The summed E-state index contributed by atoms with van der Waals surface area (Å²) >= 11 is 0. The van der Waals surface area contributed by atoms with E-state index in [0.29, 0.717) is 17.8 Å². The lowest BCUT2D eigenvalue weighted by molar-refractivity contribution is 0.0339. The molecule has 100 valence electrons. The van der Waals surface area contributed by atoms with Gasteiger partial charge in [0, 0.05) is 12.1 Å². The van der Waals surface area contributed by atoms with E-state index in [-0.39, 0.29) is 6.10 Å². The molecule has 1 fully saturated rings. The highest BCUT2D eigenvalue weighted by Crippen LogP contribution is 2.31. The van der Waals surface area contributed by atoms with Gasteiger partial charge in [0.05, 0.1) is 18.8 Å². The maximum absolute atomic E-state index is 6.00. The van der Waals surface area contributed by atoms with Crippen LogP contribution in [-0.4, -0.2) is 35.3 Å². The fourth-order valence-corrected chi connectivity index (χ4v) is 2.38. The zero-order valence-electron chi connectivity index (χ0n) is 11.6. The Balaban J connectivity index is 2.40. The van der Waals surface area contributed by atoms with Crippen LogP contribution in [0.15, 0.2) is 6.33 Å². The Morgan fingerprint density at radius 2 is 2.11 bits per heavy atom. The summed E-state index contributed by atoms with van der Waals surface area (Å²) in [4.78, 5) is 10.8. The molecule has 18 heavy (non-hydrogen) atoms. The van der Waals surface area contributed by atoms with Crippen LogP contribution < -0.4 is 10.6 Å². The molecule has 5 nitrogen and oxygen atoms in total. The summed E-state index contributed by atoms with van der Waals surface area (Å²) < 4.78 is 5.66. The topological polar surface area (TPSA) is 64.3 Å². The van der Waals surface area contributed by atoms with Crippen molar-refractivity contribution >= 4 is 11.6 Å². The Hall–Kier alpha value is -1.36. The molecule has 5 heteroatoms. The van der Waals surface area contributed by atoms with E-state index < -0.39 is 0 Å². The fourth-order valence-electron chi connectivity index (χ4n) is 2.38. The number of ether oxygens (including phenoxy) is 1. The number of hydrogen-bond acceptors (Lipinski definition) is 5. The SMILES string of the molecule is CC1CN(c2ncnc(N)c2C(C)C)C(C)CO1. The molecule has 2 atom stereocenters. The largest absolute Gasteiger partial charge is 0.383 e. The van der Waals surface area contributed by atoms with Crippen molar-refractivity contribution in [3.05, 3.63) is 11.9 Å². The molecule has 0 spiro atoms. The first-order chi connectivity index (χ1) is 8.50. The van der Waals surface area contributed by atoms with Gasteiger partial charge in [-0.2, -0.15) is 0 Å². The van der Waals surface area contributed by atoms with Crippen LogP contribution in [0, 0.1) is 0 Å². The number of hydrogen-bond donors (Lipinski definition) is 1. The molecule has 0 radical (unpaired) electrons. The van der Waals surface area contributed by atoms with Crippen LogP contribution in [0.2, 0.25) is 0 Å². The van der Waals surface area contributed by atoms with E-state index in [4.69, 9.17) is 10.5 Å². The minimum Gasteiger partial charge on any atom is -0.383 e. The van der Waals surface area contributed by atoms with Gasteiger partial charge in [-0.05, 0) is 19.8 Å². The monoisotopic (exact) mass is 250 g/mol. The normalized spacial score (nSPS) is 24.6. The molecule has 1 saturated heterocycles. The predicted molar refractivity (Wildman–Crippen MR) is 72.8 cm³/mol. The smallest absolute Gasteiger partial charge is 0.137 e. The fraction of sp³-hybridized carbons (Fsp3) is 0.692. The Morgan fingerprint density at radius 1 is 1.39 bits per heavy atom. The highest BCUT2D eigenvalue weighted by Gasteiger charge is 2.28. The highest BCUT2D eigenvalue weighted by atomic mass is 16.5. The lowest BCUT2D eigenvalue weighted by atomic mass is 10.0. The third-order valence-electron chi connectivity index (χ3n) is 3.35. The lowest BCUT2D eigenvalue weighted by Gasteiger charge is -2.39. The Labute approximate surface area is 108 Å². The van der Waals surface area contributed by atoms with Gasteiger partial charge in [-0.1, -0.05) is 13.8 Å². The number of morpholine rings is 1. The molecule has 1 aromatic heterocycles. The first kappa shape index (κ1) is 13.1. The zero-order valence-corrected chi connectivity index (χ0v) is 11.6. The predicted octanol–water partition coefficient (Wildman–Crippen LogP) is 1.80. The van der Waals surface area contributed by atoms with Gasteiger partial charge in [0.1, 0.15) is 18.0 Å². The lowest BCUT2D eigenvalue weighted by Crippen LogP contribution is -2.48. The molecule has 0 aromatic carbocycles. The standard InChI is InChI=1S/C13H22N4O/c1-8(2)11-12(14)15-7-16-13(11)17-5-10(4)18-6-9(17)3/h7-10H,5-6H2,1-4H3,(H2,14,15,16). The number of anilines is 2. The molecule has 2 unspecified atom stereocenters. The second-order valence-corrected chi connectivity index (χ2v) is 5.30. The van der Waals surface area contributed by atoms with Crippen molar-refractivity contribution in [1.29, 1.82) is 0 Å². The van der Waals surface area contributed by atoms with Gasteiger partial charge in [-0.25, -0.2) is 9.97 Å². The maximum atomic E-state index is 6.00. The van der Waals surface area contributed by atoms with Crippen LogP contribution in [0.5, 0.6) is 0 Å². The van der Waals surface area contributed by atoms with Gasteiger partial charge in [-0.3, -0.25) is 0 Å². The minimum atomic E-state index is 0.220. The molecule has 0 saturated carbocycles. The van der Waals surface area contributed by atoms with Crippen LogP contribution >= 0.6 is 0 Å². The zero-order chi connectivity index (χ0) is 13.3. The van der Waals surface area contributed by atoms with Crippen LogP contribution in [0.1, 0.15) is 39.2 Å². The number of rotatable bonds is 2. The van der Waals surface area contributed by atoms with E-state index in [1.54, 1.807) is 6.33 Å². The Kier molecular flexibility index (Phi) is 3.71. The number of nitrogens with zero attached hydrogens (tertiary/aromatic N) is 3. The molecule has 2 N–H and O–H groups in total. The molecule has 1 aliphatic rings. The summed E-state index contributed by atoms with van der Waals surface area (Å²) in [6.45, 7) is 10.0. The van der Waals surface area contributed by atoms with Crippen molar-refractivity contribution in [3.63, 3.8) is 0 Å². The second-order valence-electron chi connectivity index (χ2n) is 5.30. The van der Waals surface area contributed by atoms with Crippen molar-refractivity contribution in [2.75, 3.05) is 23.8 Å². The Bertz CT molecular complexity index is 421. The number of nitrogens with two attached hydrogens (primary N) is 1. The third-order valence-corrected chi connectivity index (χ3v) is 3.35. The van der Waals surface area contributed by atoms with Gasteiger partial charge in [0.25, 0.3) is 0 Å². The van der Waals surface area contributed by atoms with Gasteiger partial charge in [0.15, 0.2) is 0 Å². The van der Waals surface area contributed by atoms with Crippen molar-refractivity contribution in [2.45, 2.75) is 45.8 Å². The molecule has 1 aromatic rings. The van der Waals surface area contributed by atoms with Crippen molar-refractivity contribution < 1.29 is 4.74 Å². The molecule has 1 aliphatic heterocycles. The van der Waals surface area contributed by atoms with Gasteiger partial charge in [0.2, 0.25) is 0 Å². The van der Waals surface area contributed by atoms with E-state index in [2.05, 4.69) is 42.6 Å². The molecular weight excluding hydrogens is 228 g/mol. The first-order valence-electron chi connectivity index (χ1n) is 6.49. The van der Waals surface area contributed by atoms with Crippen molar-refractivity contribution in [2.24, 2.45) is 0 Å². The van der Waals surface area contributed by atoms with Crippen molar-refractivity contribution in [3.8, 4) is 0 Å². The van der Waals surface area contributed by atoms with E-state index in [0.717, 1.165) is 24.5 Å². The van der Waals surface area contributed by atoms with Crippen LogP contribution in [0.4, 0.5) is 11.6 Å². The van der Waals surface area contributed by atoms with E-state index in [1.165, 1.54) is 0 Å². The molecule has 2 heterocycles. The molecule has 0 aliphatic carbocycles. The maximum Gasteiger partial charge on any atom is 0.137 e. The summed E-state index contributed by atoms with van der Waals surface area (Å²) in [5.74, 6) is 1.85. The van der Waals surface area contributed by atoms with Gasteiger partial charge >= 0.3 is 0 Å². The van der Waals surface area contributed by atoms with Crippen LogP contribution in [-0.2, 0) is 4.74 Å². The van der Waals surface area contributed by atoms with Gasteiger partial charge in [-0.15, -0.1) is 0 Å². The summed E-state index contributed by atoms with van der Waals surface area (Å²) in [6, 6.07) is 0.313. The molecule has 2 rings (SSSR count). The highest BCUT2D eigenvalue weighted by molar-refractivity contribution is 5.59. The number of nitrogen functional groups attached to an aromatic ring is 1. The Morgan fingerprint density at radius 3 is 2.78 bits per heavy atom.